The fraction of sp³-hybridized carbons (Fsp3) is 0.750. The van der Waals surface area contributed by atoms with E-state index in [0.717, 1.165) is 48.5 Å². The van der Waals surface area contributed by atoms with Gasteiger partial charge in [0.25, 0.3) is 0 Å². The minimum absolute atomic E-state index is 0.344. The molecule has 0 amide bonds. The molecule has 34 heavy (non-hydrogen) atoms. The lowest BCUT2D eigenvalue weighted by Crippen LogP contribution is -2.49. The minimum atomic E-state index is 0.344. The summed E-state index contributed by atoms with van der Waals surface area (Å²) in [6.45, 7) is 11.7. The van der Waals surface area contributed by atoms with E-state index in [1.54, 1.807) is 5.57 Å². The van der Waals surface area contributed by atoms with Gasteiger partial charge in [-0.3, -0.25) is 0 Å². The standard InChI is InChI=1S/C28H43N5O/c1-20-6-9-25-24-8-7-21-18-22(10-13-28(21,3)26(24)11-14-27(20,25)2)30-34-17-16-33-19-23(29-31-33)12-15-32(4)5/h18-19,24-26H,1,6-17H2,2-5H3/t24?,25?,26?,27-,28+/m1/s1. The molecule has 0 N–H and O–H groups in total. The van der Waals surface area contributed by atoms with Gasteiger partial charge in [-0.15, -0.1) is 5.10 Å². The molecule has 5 rings (SSSR count). The van der Waals surface area contributed by atoms with Crippen LogP contribution in [0.15, 0.2) is 35.2 Å². The molecule has 4 aliphatic rings. The van der Waals surface area contributed by atoms with Crippen molar-refractivity contribution in [3.05, 3.63) is 35.7 Å². The van der Waals surface area contributed by atoms with Crippen molar-refractivity contribution < 1.29 is 4.84 Å². The summed E-state index contributed by atoms with van der Waals surface area (Å²) in [6, 6.07) is 0. The van der Waals surface area contributed by atoms with Gasteiger partial charge in [0.2, 0.25) is 0 Å². The van der Waals surface area contributed by atoms with Gasteiger partial charge in [-0.1, -0.05) is 41.9 Å². The molecule has 0 saturated heterocycles. The molecule has 0 spiro atoms. The monoisotopic (exact) mass is 465 g/mol. The molecule has 186 valence electrons. The fourth-order valence-corrected chi connectivity index (χ4v) is 7.71. The van der Waals surface area contributed by atoms with E-state index in [-0.39, 0.29) is 0 Å². The van der Waals surface area contributed by atoms with Gasteiger partial charge in [-0.05, 0) is 100 Å². The van der Waals surface area contributed by atoms with Gasteiger partial charge < -0.3 is 9.74 Å². The number of hydrogen-bond donors (Lipinski definition) is 0. The second-order valence-corrected chi connectivity index (χ2v) is 12.0. The summed E-state index contributed by atoms with van der Waals surface area (Å²) in [5, 5.41) is 13.0. The molecule has 0 bridgehead atoms. The number of nitrogens with zero attached hydrogens (tertiary/aromatic N) is 5. The van der Waals surface area contributed by atoms with Crippen molar-refractivity contribution in [3.8, 4) is 0 Å². The number of fused-ring (bicyclic) bond motifs is 5. The van der Waals surface area contributed by atoms with Crippen LogP contribution in [0.5, 0.6) is 0 Å². The quantitative estimate of drug-likeness (QED) is 0.313. The van der Waals surface area contributed by atoms with Crippen LogP contribution < -0.4 is 0 Å². The van der Waals surface area contributed by atoms with Crippen molar-refractivity contribution >= 4 is 5.71 Å². The zero-order valence-corrected chi connectivity index (χ0v) is 21.7. The minimum Gasteiger partial charge on any atom is -0.394 e. The maximum Gasteiger partial charge on any atom is 0.136 e. The van der Waals surface area contributed by atoms with E-state index in [9.17, 15) is 0 Å². The summed E-state index contributed by atoms with van der Waals surface area (Å²) in [4.78, 5) is 7.88. The van der Waals surface area contributed by atoms with E-state index in [2.05, 4.69) is 61.0 Å². The van der Waals surface area contributed by atoms with Gasteiger partial charge in [-0.25, -0.2) is 4.68 Å². The molecule has 1 aromatic rings. The van der Waals surface area contributed by atoms with Crippen molar-refractivity contribution in [1.29, 1.82) is 0 Å². The predicted molar refractivity (Wildman–Crippen MR) is 137 cm³/mol. The van der Waals surface area contributed by atoms with Crippen LogP contribution in [0.25, 0.3) is 0 Å². The average molecular weight is 466 g/mol. The SMILES string of the molecule is C=C1CCC2C3CCC4=CC(=NOCCn5cc(CCN(C)C)nn5)CC[C@]4(C)C3CC[C@]12C. The Kier molecular flexibility index (Phi) is 6.47. The molecule has 3 saturated carbocycles. The number of rotatable bonds is 7. The molecule has 6 nitrogen and oxygen atoms in total. The molecule has 0 aromatic carbocycles. The van der Waals surface area contributed by atoms with E-state index in [4.69, 9.17) is 4.84 Å². The van der Waals surface area contributed by atoms with E-state index < -0.39 is 0 Å². The maximum absolute atomic E-state index is 5.72. The van der Waals surface area contributed by atoms with Gasteiger partial charge in [0.05, 0.1) is 18.0 Å². The largest absolute Gasteiger partial charge is 0.394 e. The molecule has 5 atom stereocenters. The van der Waals surface area contributed by atoms with Crippen LogP contribution in [-0.2, 0) is 17.8 Å². The number of aromatic nitrogens is 3. The summed E-state index contributed by atoms with van der Waals surface area (Å²) in [6.07, 6.45) is 15.4. The summed E-state index contributed by atoms with van der Waals surface area (Å²) in [5.41, 5.74) is 6.06. The van der Waals surface area contributed by atoms with E-state index >= 15 is 0 Å². The first-order valence-electron chi connectivity index (χ1n) is 13.4. The van der Waals surface area contributed by atoms with Crippen molar-refractivity contribution in [2.24, 2.45) is 33.7 Å². The normalized spacial score (nSPS) is 36.3. The average Bonchev–Trinajstić information content (AvgIpc) is 3.39. The molecule has 0 radical (unpaired) electrons. The molecule has 3 fully saturated rings. The lowest BCUT2D eigenvalue weighted by molar-refractivity contribution is -0.0226. The summed E-state index contributed by atoms with van der Waals surface area (Å²) in [7, 11) is 4.15. The maximum atomic E-state index is 5.72. The Morgan fingerprint density at radius 1 is 1.12 bits per heavy atom. The lowest BCUT2D eigenvalue weighted by atomic mass is 9.47. The number of hydrogen-bond acceptors (Lipinski definition) is 5. The van der Waals surface area contributed by atoms with Gasteiger partial charge in [0, 0.05) is 19.2 Å². The highest BCUT2D eigenvalue weighted by Gasteiger charge is 2.57. The third-order valence-corrected chi connectivity index (χ3v) is 9.93. The number of oxime groups is 1. The Labute approximate surface area is 205 Å². The fourth-order valence-electron chi connectivity index (χ4n) is 7.71. The van der Waals surface area contributed by atoms with Crippen LogP contribution in [0.3, 0.4) is 0 Å². The molecule has 6 heteroatoms. The Morgan fingerprint density at radius 3 is 2.76 bits per heavy atom. The van der Waals surface area contributed by atoms with Gasteiger partial charge in [-0.2, -0.15) is 0 Å². The first-order chi connectivity index (χ1) is 16.3. The van der Waals surface area contributed by atoms with Crippen LogP contribution in [-0.4, -0.2) is 52.9 Å². The van der Waals surface area contributed by atoms with Crippen LogP contribution in [0.1, 0.15) is 70.9 Å². The summed E-state index contributed by atoms with van der Waals surface area (Å²) < 4.78 is 1.86. The Hall–Kier alpha value is -1.95. The van der Waals surface area contributed by atoms with Crippen LogP contribution >= 0.6 is 0 Å². The van der Waals surface area contributed by atoms with Crippen LogP contribution in [0, 0.1) is 28.6 Å². The number of allylic oxidation sites excluding steroid dienone is 3. The molecule has 0 aliphatic heterocycles. The third kappa shape index (κ3) is 4.27. The molecule has 4 aliphatic carbocycles. The Bertz CT molecular complexity index is 977. The molecule has 1 heterocycles. The summed E-state index contributed by atoms with van der Waals surface area (Å²) in [5.74, 6) is 2.56. The zero-order valence-electron chi connectivity index (χ0n) is 21.7. The van der Waals surface area contributed by atoms with Crippen molar-refractivity contribution in [2.45, 2.75) is 78.2 Å². The number of likely N-dealkylation sites (N-methyl/N-ethyl adjacent to an activating group) is 1. The Morgan fingerprint density at radius 2 is 1.94 bits per heavy atom. The second kappa shape index (κ2) is 9.25. The third-order valence-electron chi connectivity index (χ3n) is 9.93. The van der Waals surface area contributed by atoms with Crippen molar-refractivity contribution in [2.75, 3.05) is 27.2 Å². The smallest absolute Gasteiger partial charge is 0.136 e. The molecule has 3 unspecified atom stereocenters. The second-order valence-electron chi connectivity index (χ2n) is 12.0. The summed E-state index contributed by atoms with van der Waals surface area (Å²) >= 11 is 0. The van der Waals surface area contributed by atoms with Crippen LogP contribution in [0.4, 0.5) is 0 Å². The van der Waals surface area contributed by atoms with Crippen molar-refractivity contribution in [1.82, 2.24) is 19.9 Å². The molecular weight excluding hydrogens is 422 g/mol. The van der Waals surface area contributed by atoms with Gasteiger partial charge in [0.15, 0.2) is 0 Å². The zero-order chi connectivity index (χ0) is 23.9. The Balaban J connectivity index is 1.18. The predicted octanol–water partition coefficient (Wildman–Crippen LogP) is 5.27. The van der Waals surface area contributed by atoms with E-state index in [0.29, 0.717) is 24.0 Å². The first-order valence-corrected chi connectivity index (χ1v) is 13.4. The van der Waals surface area contributed by atoms with Crippen molar-refractivity contribution in [3.63, 3.8) is 0 Å². The molecular formula is C28H43N5O. The van der Waals surface area contributed by atoms with Gasteiger partial charge in [0.1, 0.15) is 6.61 Å². The molecule has 1 aromatic heterocycles. The lowest BCUT2D eigenvalue weighted by Gasteiger charge is -2.57. The van der Waals surface area contributed by atoms with E-state index in [1.165, 1.54) is 50.5 Å². The first kappa shape index (κ1) is 23.8. The highest BCUT2D eigenvalue weighted by atomic mass is 16.6. The van der Waals surface area contributed by atoms with Gasteiger partial charge >= 0.3 is 0 Å². The highest BCUT2D eigenvalue weighted by Crippen LogP contribution is 2.66. The van der Waals surface area contributed by atoms with E-state index in [1.807, 2.05) is 10.9 Å². The topological polar surface area (TPSA) is 55.5 Å². The highest BCUT2D eigenvalue weighted by molar-refractivity contribution is 5.96. The van der Waals surface area contributed by atoms with Crippen LogP contribution in [0.2, 0.25) is 0 Å².